The van der Waals surface area contributed by atoms with Crippen molar-refractivity contribution in [2.45, 2.75) is 26.1 Å². The third-order valence-electron chi connectivity index (χ3n) is 4.20. The van der Waals surface area contributed by atoms with Crippen molar-refractivity contribution in [2.75, 3.05) is 5.73 Å². The SMILES string of the molecule is Cc1nc2c(N)c(C(=O)C3OC3c3ccsc3)ccn2c1C. The monoisotopic (exact) mass is 313 g/mol. The molecule has 0 amide bonds. The topological polar surface area (TPSA) is 72.9 Å². The summed E-state index contributed by atoms with van der Waals surface area (Å²) >= 11 is 1.60. The quantitative estimate of drug-likeness (QED) is 0.596. The number of carbonyl (C=O) groups is 1. The number of nitrogens with zero attached hydrogens (tertiary/aromatic N) is 2. The number of epoxide rings is 1. The summed E-state index contributed by atoms with van der Waals surface area (Å²) in [6.45, 7) is 3.91. The highest BCUT2D eigenvalue weighted by molar-refractivity contribution is 7.08. The fraction of sp³-hybridized carbons (Fsp3) is 0.250. The zero-order chi connectivity index (χ0) is 15.4. The number of pyridine rings is 1. The molecule has 1 fully saturated rings. The average molecular weight is 313 g/mol. The number of thiophene rings is 1. The summed E-state index contributed by atoms with van der Waals surface area (Å²) in [6.07, 6.45) is 1.27. The summed E-state index contributed by atoms with van der Waals surface area (Å²) in [5, 5.41) is 3.99. The minimum atomic E-state index is -0.434. The number of hydrogen-bond acceptors (Lipinski definition) is 5. The van der Waals surface area contributed by atoms with Crippen molar-refractivity contribution in [3.63, 3.8) is 0 Å². The van der Waals surface area contributed by atoms with Gasteiger partial charge in [0.05, 0.1) is 11.4 Å². The van der Waals surface area contributed by atoms with Crippen LogP contribution in [0.3, 0.4) is 0 Å². The van der Waals surface area contributed by atoms with E-state index in [1.807, 2.05) is 41.3 Å². The Morgan fingerprint density at radius 1 is 1.41 bits per heavy atom. The van der Waals surface area contributed by atoms with E-state index in [0.29, 0.717) is 16.9 Å². The molecule has 1 aliphatic heterocycles. The van der Waals surface area contributed by atoms with Crippen LogP contribution in [0, 0.1) is 13.8 Å². The Labute approximate surface area is 131 Å². The number of ether oxygens (including phenoxy) is 1. The lowest BCUT2D eigenvalue weighted by Crippen LogP contribution is -2.12. The van der Waals surface area contributed by atoms with E-state index in [1.54, 1.807) is 17.4 Å². The molecule has 3 aromatic rings. The molecule has 2 atom stereocenters. The lowest BCUT2D eigenvalue weighted by atomic mass is 10.0. The maximum atomic E-state index is 12.6. The molecule has 0 aliphatic carbocycles. The normalized spacial score (nSPS) is 20.5. The summed E-state index contributed by atoms with van der Waals surface area (Å²) in [5.74, 6) is -0.0745. The Hall–Kier alpha value is -2.18. The van der Waals surface area contributed by atoms with Crippen molar-refractivity contribution in [1.82, 2.24) is 9.38 Å². The molecule has 22 heavy (non-hydrogen) atoms. The molecule has 2 N–H and O–H groups in total. The van der Waals surface area contributed by atoms with Crippen molar-refractivity contribution < 1.29 is 9.53 Å². The van der Waals surface area contributed by atoms with E-state index < -0.39 is 6.10 Å². The number of Topliss-reactive ketones (excluding diaryl/α,β-unsaturated/α-hetero) is 1. The highest BCUT2D eigenvalue weighted by Gasteiger charge is 2.47. The molecule has 1 aliphatic rings. The molecule has 6 heteroatoms. The van der Waals surface area contributed by atoms with Gasteiger partial charge in [0.2, 0.25) is 0 Å². The van der Waals surface area contributed by atoms with Gasteiger partial charge in [0.15, 0.2) is 17.5 Å². The molecule has 0 aromatic carbocycles. The Kier molecular flexibility index (Phi) is 2.85. The number of carbonyl (C=O) groups excluding carboxylic acids is 1. The van der Waals surface area contributed by atoms with Gasteiger partial charge >= 0.3 is 0 Å². The van der Waals surface area contributed by atoms with Crippen LogP contribution in [0.5, 0.6) is 0 Å². The number of aromatic nitrogens is 2. The van der Waals surface area contributed by atoms with Crippen molar-refractivity contribution in [1.29, 1.82) is 0 Å². The molecule has 4 heterocycles. The Morgan fingerprint density at radius 3 is 2.95 bits per heavy atom. The number of hydrogen-bond donors (Lipinski definition) is 1. The van der Waals surface area contributed by atoms with Gasteiger partial charge in [0.1, 0.15) is 6.10 Å². The van der Waals surface area contributed by atoms with Crippen LogP contribution >= 0.6 is 11.3 Å². The summed E-state index contributed by atoms with van der Waals surface area (Å²) in [5.41, 5.74) is 10.7. The van der Waals surface area contributed by atoms with Gasteiger partial charge in [-0.05, 0) is 42.3 Å². The molecule has 1 saturated heterocycles. The average Bonchev–Trinajstić information content (AvgIpc) is 3.00. The molecule has 0 bridgehead atoms. The van der Waals surface area contributed by atoms with E-state index in [0.717, 1.165) is 17.0 Å². The van der Waals surface area contributed by atoms with Gasteiger partial charge in [-0.25, -0.2) is 4.98 Å². The fourth-order valence-electron chi connectivity index (χ4n) is 2.73. The van der Waals surface area contributed by atoms with Gasteiger partial charge in [0, 0.05) is 17.5 Å². The smallest absolute Gasteiger partial charge is 0.196 e. The maximum absolute atomic E-state index is 12.6. The Morgan fingerprint density at radius 2 is 2.23 bits per heavy atom. The zero-order valence-electron chi connectivity index (χ0n) is 12.2. The van der Waals surface area contributed by atoms with Gasteiger partial charge < -0.3 is 14.9 Å². The number of fused-ring (bicyclic) bond motifs is 1. The highest BCUT2D eigenvalue weighted by atomic mass is 32.1. The van der Waals surface area contributed by atoms with Gasteiger partial charge in [-0.1, -0.05) is 0 Å². The van der Waals surface area contributed by atoms with Crippen molar-refractivity contribution in [3.05, 3.63) is 51.6 Å². The van der Waals surface area contributed by atoms with Crippen LogP contribution in [0.1, 0.15) is 33.4 Å². The molecular formula is C16H15N3O2S. The summed E-state index contributed by atoms with van der Waals surface area (Å²) < 4.78 is 7.46. The lowest BCUT2D eigenvalue weighted by Gasteiger charge is -2.05. The van der Waals surface area contributed by atoms with Crippen molar-refractivity contribution >= 4 is 28.5 Å². The predicted octanol–water partition coefficient (Wildman–Crippen LogP) is 2.92. The van der Waals surface area contributed by atoms with E-state index in [2.05, 4.69) is 4.98 Å². The molecule has 0 saturated carbocycles. The summed E-state index contributed by atoms with van der Waals surface area (Å²) in [4.78, 5) is 17.1. The van der Waals surface area contributed by atoms with E-state index in [1.165, 1.54) is 0 Å². The second-order valence-electron chi connectivity index (χ2n) is 5.52. The van der Waals surface area contributed by atoms with Crippen LogP contribution in [0.15, 0.2) is 29.1 Å². The van der Waals surface area contributed by atoms with Gasteiger partial charge in [0.25, 0.3) is 0 Å². The third kappa shape index (κ3) is 1.88. The number of aryl methyl sites for hydroxylation is 2. The van der Waals surface area contributed by atoms with Crippen LogP contribution < -0.4 is 5.73 Å². The molecule has 2 unspecified atom stereocenters. The van der Waals surface area contributed by atoms with Gasteiger partial charge in [-0.15, -0.1) is 0 Å². The van der Waals surface area contributed by atoms with Crippen LogP contribution in [0.2, 0.25) is 0 Å². The van der Waals surface area contributed by atoms with E-state index in [4.69, 9.17) is 10.5 Å². The zero-order valence-corrected chi connectivity index (χ0v) is 13.1. The third-order valence-corrected chi connectivity index (χ3v) is 4.90. The van der Waals surface area contributed by atoms with Crippen LogP contribution in [0.25, 0.3) is 5.65 Å². The minimum absolute atomic E-state index is 0.0745. The standard InChI is InChI=1S/C16H15N3O2S/c1-8-9(2)19-5-3-11(12(17)16(19)18-8)13(20)15-14(21-15)10-4-6-22-7-10/h3-7,14-15H,17H2,1-2H3. The van der Waals surface area contributed by atoms with Gasteiger partial charge in [-0.3, -0.25) is 4.79 Å². The first-order chi connectivity index (χ1) is 10.6. The lowest BCUT2D eigenvalue weighted by molar-refractivity contribution is 0.0954. The highest BCUT2D eigenvalue weighted by Crippen LogP contribution is 2.42. The van der Waals surface area contributed by atoms with Crippen LogP contribution in [-0.4, -0.2) is 21.3 Å². The number of ketones is 1. The van der Waals surface area contributed by atoms with Gasteiger partial charge in [-0.2, -0.15) is 11.3 Å². The molecule has 0 spiro atoms. The minimum Gasteiger partial charge on any atom is -0.395 e. The first-order valence-corrected chi connectivity index (χ1v) is 7.97. The summed E-state index contributed by atoms with van der Waals surface area (Å²) in [7, 11) is 0. The van der Waals surface area contributed by atoms with Crippen molar-refractivity contribution in [2.24, 2.45) is 0 Å². The molecule has 112 valence electrons. The number of imidazole rings is 1. The van der Waals surface area contributed by atoms with Crippen LogP contribution in [0.4, 0.5) is 5.69 Å². The van der Waals surface area contributed by atoms with E-state index >= 15 is 0 Å². The fourth-order valence-corrected chi connectivity index (χ4v) is 3.41. The maximum Gasteiger partial charge on any atom is 0.196 e. The number of anilines is 1. The number of nitrogen functional groups attached to an aromatic ring is 1. The predicted molar refractivity (Wildman–Crippen MR) is 85.3 cm³/mol. The van der Waals surface area contributed by atoms with Crippen molar-refractivity contribution in [3.8, 4) is 0 Å². The Bertz CT molecular complexity index is 883. The molecular weight excluding hydrogens is 298 g/mol. The second-order valence-corrected chi connectivity index (χ2v) is 6.30. The largest absolute Gasteiger partial charge is 0.395 e. The molecule has 0 radical (unpaired) electrons. The first kappa shape index (κ1) is 13.5. The van der Waals surface area contributed by atoms with Crippen LogP contribution in [-0.2, 0) is 4.74 Å². The molecule has 3 aromatic heterocycles. The number of rotatable bonds is 3. The van der Waals surface area contributed by atoms with E-state index in [-0.39, 0.29) is 11.9 Å². The van der Waals surface area contributed by atoms with E-state index in [9.17, 15) is 4.79 Å². The second kappa shape index (κ2) is 4.66. The molecule has 5 nitrogen and oxygen atoms in total. The molecule has 4 rings (SSSR count). The Balaban J connectivity index is 1.70. The number of nitrogens with two attached hydrogens (primary N) is 1. The summed E-state index contributed by atoms with van der Waals surface area (Å²) in [6, 6.07) is 3.74. The first-order valence-electron chi connectivity index (χ1n) is 7.03.